The van der Waals surface area contributed by atoms with E-state index in [0.717, 1.165) is 32.4 Å². The van der Waals surface area contributed by atoms with Crippen LogP contribution in [0.15, 0.2) is 42.5 Å². The van der Waals surface area contributed by atoms with Gasteiger partial charge in [-0.25, -0.2) is 0 Å². The van der Waals surface area contributed by atoms with Crippen molar-refractivity contribution in [3.05, 3.63) is 73.8 Å². The number of nitro groups is 2. The van der Waals surface area contributed by atoms with E-state index in [-0.39, 0.29) is 11.3 Å². The van der Waals surface area contributed by atoms with Crippen molar-refractivity contribution in [2.75, 3.05) is 19.1 Å². The maximum Gasteiger partial charge on any atom is 0.312 e. The van der Waals surface area contributed by atoms with E-state index >= 15 is 0 Å². The van der Waals surface area contributed by atoms with Crippen LogP contribution in [0.5, 0.6) is 0 Å². The van der Waals surface area contributed by atoms with Crippen molar-refractivity contribution in [1.29, 1.82) is 0 Å². The monoisotopic (exact) mass is 455 g/mol. The minimum atomic E-state index is -1.32. The Labute approximate surface area is 186 Å². The molecule has 2 aliphatic rings. The summed E-state index contributed by atoms with van der Waals surface area (Å²) < 4.78 is 9.80. The molecule has 2 aromatic carbocycles. The third kappa shape index (κ3) is 3.18. The summed E-state index contributed by atoms with van der Waals surface area (Å²) in [6.07, 6.45) is 0. The molecule has 4 rings (SSSR count). The van der Waals surface area contributed by atoms with Gasteiger partial charge in [-0.1, -0.05) is 24.3 Å². The fourth-order valence-corrected chi connectivity index (χ4v) is 4.80. The van der Waals surface area contributed by atoms with Crippen LogP contribution in [0.3, 0.4) is 0 Å². The number of rotatable bonds is 5. The summed E-state index contributed by atoms with van der Waals surface area (Å²) in [7, 11) is 2.24. The van der Waals surface area contributed by atoms with Gasteiger partial charge in [0.2, 0.25) is 0 Å². The zero-order valence-electron chi connectivity index (χ0n) is 17.4. The van der Waals surface area contributed by atoms with Gasteiger partial charge >= 0.3 is 11.9 Å². The van der Waals surface area contributed by atoms with Crippen molar-refractivity contribution >= 4 is 34.8 Å². The molecule has 0 aliphatic carbocycles. The second kappa shape index (κ2) is 7.97. The molecular formula is C21H17N3O9. The SMILES string of the molecule is COC(=O)C1C(C(=O)OC)C2c3ccccc3C(=O)C1N2c1ccc([N+](=O)[O-])cc1[N+](=O)[O-]. The molecule has 0 N–H and O–H groups in total. The standard InChI is InChI=1S/C21H17N3O9/c1-32-20(26)15-16(21(27)33-2)18-19(25)12-6-4-3-5-11(12)17(15)22(18)13-8-7-10(23(28)29)9-14(13)24(30)31/h3-9,15-18H,1-2H3. The smallest absolute Gasteiger partial charge is 0.312 e. The topological polar surface area (TPSA) is 159 Å². The van der Waals surface area contributed by atoms with Crippen molar-refractivity contribution in [1.82, 2.24) is 0 Å². The summed E-state index contributed by atoms with van der Waals surface area (Å²) in [6.45, 7) is 0. The number of hydrogen-bond donors (Lipinski definition) is 0. The molecule has 12 nitrogen and oxygen atoms in total. The number of carbonyl (C=O) groups is 3. The number of ketones is 1. The van der Waals surface area contributed by atoms with Gasteiger partial charge in [0.15, 0.2) is 5.78 Å². The van der Waals surface area contributed by atoms with Crippen molar-refractivity contribution in [2.45, 2.75) is 12.1 Å². The number of carbonyl (C=O) groups excluding carboxylic acids is 3. The molecule has 2 bridgehead atoms. The number of nitro benzene ring substituents is 2. The molecule has 1 saturated heterocycles. The molecule has 0 saturated carbocycles. The second-order valence-electron chi connectivity index (χ2n) is 7.53. The third-order valence-electron chi connectivity index (χ3n) is 6.07. The number of anilines is 1. The second-order valence-corrected chi connectivity index (χ2v) is 7.53. The van der Waals surface area contributed by atoms with Crippen LogP contribution in [-0.4, -0.2) is 47.8 Å². The van der Waals surface area contributed by atoms with Gasteiger partial charge in [0.25, 0.3) is 11.4 Å². The zero-order valence-corrected chi connectivity index (χ0v) is 17.4. The Hall–Kier alpha value is -4.35. The van der Waals surface area contributed by atoms with Crippen LogP contribution in [0.4, 0.5) is 17.1 Å². The first-order chi connectivity index (χ1) is 15.7. The summed E-state index contributed by atoms with van der Waals surface area (Å²) in [4.78, 5) is 61.9. The summed E-state index contributed by atoms with van der Waals surface area (Å²) >= 11 is 0. The molecule has 4 unspecified atom stereocenters. The van der Waals surface area contributed by atoms with Crippen LogP contribution in [0.25, 0.3) is 0 Å². The summed E-state index contributed by atoms with van der Waals surface area (Å²) in [6, 6.07) is 7.08. The van der Waals surface area contributed by atoms with E-state index in [9.17, 15) is 34.6 Å². The minimum Gasteiger partial charge on any atom is -0.469 e. The molecule has 1 fully saturated rings. The Morgan fingerprint density at radius 2 is 1.52 bits per heavy atom. The molecule has 2 aliphatic heterocycles. The predicted octanol–water partition coefficient (Wildman–Crippen LogP) is 2.21. The molecule has 2 aromatic rings. The lowest BCUT2D eigenvalue weighted by Gasteiger charge is -2.37. The van der Waals surface area contributed by atoms with Crippen LogP contribution in [0.2, 0.25) is 0 Å². The van der Waals surface area contributed by atoms with Gasteiger partial charge in [-0.15, -0.1) is 0 Å². The number of Topliss-reactive ketones (excluding diaryl/α,β-unsaturated/α-hetero) is 1. The van der Waals surface area contributed by atoms with Crippen LogP contribution in [0.1, 0.15) is 22.0 Å². The van der Waals surface area contributed by atoms with Crippen LogP contribution >= 0.6 is 0 Å². The van der Waals surface area contributed by atoms with Gasteiger partial charge in [-0.2, -0.15) is 0 Å². The highest BCUT2D eigenvalue weighted by atomic mass is 16.6. The van der Waals surface area contributed by atoms with E-state index in [4.69, 9.17) is 9.47 Å². The molecule has 0 radical (unpaired) electrons. The van der Waals surface area contributed by atoms with Gasteiger partial charge in [-0.05, 0) is 11.6 Å². The van der Waals surface area contributed by atoms with Crippen molar-refractivity contribution in [3.8, 4) is 0 Å². The molecule has 0 spiro atoms. The Morgan fingerprint density at radius 1 is 0.909 bits per heavy atom. The van der Waals surface area contributed by atoms with Crippen LogP contribution in [-0.2, 0) is 19.1 Å². The Kier molecular flexibility index (Phi) is 5.28. The normalized spacial score (nSPS) is 23.0. The first-order valence-electron chi connectivity index (χ1n) is 9.72. The number of methoxy groups -OCH3 is 2. The number of ether oxygens (including phenoxy) is 2. The van der Waals surface area contributed by atoms with Crippen molar-refractivity contribution < 1.29 is 33.7 Å². The van der Waals surface area contributed by atoms with Crippen molar-refractivity contribution in [2.24, 2.45) is 11.8 Å². The largest absolute Gasteiger partial charge is 0.469 e. The lowest BCUT2D eigenvalue weighted by atomic mass is 9.86. The zero-order chi connectivity index (χ0) is 24.0. The number of benzene rings is 2. The van der Waals surface area contributed by atoms with E-state index in [1.165, 1.54) is 4.90 Å². The van der Waals surface area contributed by atoms with Gasteiger partial charge < -0.3 is 14.4 Å². The van der Waals surface area contributed by atoms with E-state index in [1.54, 1.807) is 24.3 Å². The van der Waals surface area contributed by atoms with E-state index in [1.807, 2.05) is 0 Å². The Morgan fingerprint density at radius 3 is 2.09 bits per heavy atom. The first kappa shape index (κ1) is 21.9. The molecule has 33 heavy (non-hydrogen) atoms. The number of nitrogens with zero attached hydrogens (tertiary/aromatic N) is 3. The number of esters is 2. The summed E-state index contributed by atoms with van der Waals surface area (Å²) in [5.41, 5.74) is -0.637. The fourth-order valence-electron chi connectivity index (χ4n) is 4.80. The molecular weight excluding hydrogens is 438 g/mol. The van der Waals surface area contributed by atoms with Crippen LogP contribution < -0.4 is 4.90 Å². The Balaban J connectivity index is 2.03. The molecule has 12 heteroatoms. The summed E-state index contributed by atoms with van der Waals surface area (Å²) in [5, 5.41) is 23.0. The Bertz CT molecular complexity index is 1210. The maximum atomic E-state index is 13.5. The van der Waals surface area contributed by atoms with Gasteiger partial charge in [0, 0.05) is 11.6 Å². The minimum absolute atomic E-state index is 0.135. The molecule has 0 aromatic heterocycles. The average molecular weight is 455 g/mol. The van der Waals surface area contributed by atoms with Crippen molar-refractivity contribution in [3.63, 3.8) is 0 Å². The van der Waals surface area contributed by atoms with E-state index < -0.39 is 62.9 Å². The summed E-state index contributed by atoms with van der Waals surface area (Å²) in [5.74, 6) is -4.71. The maximum absolute atomic E-state index is 13.5. The van der Waals surface area contributed by atoms with Gasteiger partial charge in [0.1, 0.15) is 17.6 Å². The average Bonchev–Trinajstić information content (AvgIpc) is 3.12. The lowest BCUT2D eigenvalue weighted by molar-refractivity contribution is -0.393. The quantitative estimate of drug-likeness (QED) is 0.371. The number of hydrogen-bond acceptors (Lipinski definition) is 10. The molecule has 0 amide bonds. The molecule has 4 atom stereocenters. The number of fused-ring (bicyclic) bond motifs is 4. The van der Waals surface area contributed by atoms with E-state index in [2.05, 4.69) is 0 Å². The molecule has 170 valence electrons. The molecule has 2 heterocycles. The van der Waals surface area contributed by atoms with Crippen LogP contribution in [0, 0.1) is 32.1 Å². The highest BCUT2D eigenvalue weighted by molar-refractivity contribution is 6.10. The van der Waals surface area contributed by atoms with E-state index in [0.29, 0.717) is 5.56 Å². The predicted molar refractivity (Wildman–Crippen MR) is 111 cm³/mol. The third-order valence-corrected chi connectivity index (χ3v) is 6.07. The van der Waals surface area contributed by atoms with Gasteiger partial charge in [0.05, 0.1) is 42.1 Å². The lowest BCUT2D eigenvalue weighted by Crippen LogP contribution is -2.46. The fraction of sp³-hybridized carbons (Fsp3) is 0.286. The first-order valence-corrected chi connectivity index (χ1v) is 9.72. The highest BCUT2D eigenvalue weighted by Gasteiger charge is 2.63. The van der Waals surface area contributed by atoms with Gasteiger partial charge in [-0.3, -0.25) is 34.6 Å². The highest BCUT2D eigenvalue weighted by Crippen LogP contribution is 2.54. The number of non-ortho nitro benzene ring substituents is 1.